The van der Waals surface area contributed by atoms with Gasteiger partial charge in [-0.05, 0) is 157 Å². The van der Waals surface area contributed by atoms with Gasteiger partial charge in [0, 0.05) is 68.2 Å². The van der Waals surface area contributed by atoms with Gasteiger partial charge in [-0.3, -0.25) is 0 Å². The molecule has 0 N–H and O–H groups in total. The number of aromatic nitrogens is 9. The largest absolute Gasteiger partial charge is 0.494 e. The maximum Gasteiger partial charge on any atom is 0.494 e. The number of hydrogen-bond acceptors (Lipinski definition) is 13. The minimum absolute atomic E-state index is 0. The van der Waals surface area contributed by atoms with Gasteiger partial charge in [0.1, 0.15) is 0 Å². The highest BCUT2D eigenvalue weighted by atomic mass is 35.5. The first-order chi connectivity index (χ1) is 54.9. The van der Waals surface area contributed by atoms with E-state index < -0.39 is 0 Å². The number of halogens is 1. The quantitative estimate of drug-likeness (QED) is 0.0944. The molecule has 4 atom stereocenters. The topological polar surface area (TPSA) is 153 Å². The second-order valence-corrected chi connectivity index (χ2v) is 32.0. The van der Waals surface area contributed by atoms with Crippen molar-refractivity contribution in [1.82, 2.24) is 44.9 Å². The Bertz CT molecular complexity index is 5650. The van der Waals surface area contributed by atoms with Crippen molar-refractivity contribution in [2.75, 3.05) is 0 Å². The van der Waals surface area contributed by atoms with E-state index in [9.17, 15) is 0 Å². The molecule has 2 fully saturated rings. The second-order valence-electron chi connectivity index (χ2n) is 31.7. The molecule has 6 aliphatic carbocycles. The Hall–Kier alpha value is -12.1. The van der Waals surface area contributed by atoms with Crippen LogP contribution in [-0.4, -0.2) is 81.5 Å². The minimum atomic E-state index is -0.369. The highest BCUT2D eigenvalue weighted by Gasteiger charge is 2.54. The Morgan fingerprint density at radius 3 is 0.661 bits per heavy atom. The van der Waals surface area contributed by atoms with Crippen LogP contribution in [0.15, 0.2) is 303 Å². The fraction of sp³-hybridized carbons (Fsp3) is 0.172. The summed E-state index contributed by atoms with van der Waals surface area (Å²) in [5.41, 5.74) is 24.4. The van der Waals surface area contributed by atoms with Crippen LogP contribution in [0.5, 0.6) is 0 Å². The highest BCUT2D eigenvalue weighted by Crippen LogP contribution is 2.58. The number of nitrogens with zero attached hydrogens (tertiary/aromatic N) is 9. The van der Waals surface area contributed by atoms with Crippen LogP contribution >= 0.6 is 11.6 Å². The van der Waals surface area contributed by atoms with Gasteiger partial charge in [-0.25, -0.2) is 34.9 Å². The highest BCUT2D eigenvalue weighted by molar-refractivity contribution is 6.62. The molecule has 3 aromatic heterocycles. The summed E-state index contributed by atoms with van der Waals surface area (Å²) in [6.45, 7) is 16.9. The second kappa shape index (κ2) is 30.0. The molecule has 16 heteroatoms. The Morgan fingerprint density at radius 2 is 0.417 bits per heavy atom. The van der Waals surface area contributed by atoms with Crippen molar-refractivity contribution in [3.63, 3.8) is 0 Å². The maximum atomic E-state index is 6.42. The SMILES string of the molecule is C.CC1(C)OB(c2ccc3c(c2)C2c4ccccc4C3c3cc(B4OC(C)(C)C(C)(C)O4)ccc32)OC1(C)C.Clc1nc(-c2ccccc2)nc(-c2ccccc2)n1.[CH3-].c1ccc(-c2nc(-c3ccccc3)nc(-c3ccc4c(c3)C3c5ccccc5C4c4cc(-c5nc(-c6ccccc6)nc(-c6ccccc6)n5)ccc43)n2)cc1. The van der Waals surface area contributed by atoms with Gasteiger partial charge in [-0.15, -0.1) is 0 Å². The third-order valence-corrected chi connectivity index (χ3v) is 23.9. The van der Waals surface area contributed by atoms with Crippen molar-refractivity contribution >= 4 is 36.8 Å². The summed E-state index contributed by atoms with van der Waals surface area (Å²) in [7, 11) is -0.738. The van der Waals surface area contributed by atoms with Crippen molar-refractivity contribution in [3.05, 3.63) is 383 Å². The Morgan fingerprint density at radius 1 is 0.226 bits per heavy atom. The smallest absolute Gasteiger partial charge is 0.399 e. The summed E-state index contributed by atoms with van der Waals surface area (Å²) >= 11 is 5.99. The summed E-state index contributed by atoms with van der Waals surface area (Å²) in [5, 5.41) is 0.202. The van der Waals surface area contributed by atoms with Crippen molar-refractivity contribution in [3.8, 4) is 91.1 Å². The van der Waals surface area contributed by atoms with Crippen LogP contribution in [0.1, 0.15) is 153 Å². The van der Waals surface area contributed by atoms with Crippen LogP contribution in [0, 0.1) is 7.43 Å². The molecule has 4 bridgehead atoms. The summed E-state index contributed by atoms with van der Waals surface area (Å²) in [5.74, 6) is 5.55. The van der Waals surface area contributed by atoms with Gasteiger partial charge in [0.25, 0.3) is 0 Å². The Balaban J connectivity index is 0.000000139. The predicted molar refractivity (Wildman–Crippen MR) is 462 cm³/mol. The summed E-state index contributed by atoms with van der Waals surface area (Å²) in [6, 6.07) is 105. The number of benzene rings is 12. The van der Waals surface area contributed by atoms with Crippen molar-refractivity contribution in [1.29, 1.82) is 0 Å². The van der Waals surface area contributed by atoms with E-state index in [1.54, 1.807) is 0 Å². The molecule has 564 valence electrons. The molecule has 0 saturated carbocycles. The number of rotatable bonds is 10. The zero-order valence-corrected chi connectivity index (χ0v) is 65.6. The van der Waals surface area contributed by atoms with Crippen molar-refractivity contribution in [2.45, 2.75) is 109 Å². The third-order valence-electron chi connectivity index (χ3n) is 23.8. The van der Waals surface area contributed by atoms with E-state index >= 15 is 0 Å². The van der Waals surface area contributed by atoms with E-state index in [0.29, 0.717) is 46.6 Å². The molecule has 13 nitrogen and oxygen atoms in total. The average Bonchev–Trinajstić information content (AvgIpc) is 1.15. The first-order valence-electron chi connectivity index (χ1n) is 38.6. The van der Waals surface area contributed by atoms with Crippen LogP contribution in [0.3, 0.4) is 0 Å². The molecular weight excluding hydrogens is 1440 g/mol. The fourth-order valence-electron chi connectivity index (χ4n) is 16.7. The van der Waals surface area contributed by atoms with Gasteiger partial charge in [-0.2, -0.15) is 9.97 Å². The third kappa shape index (κ3) is 13.8. The van der Waals surface area contributed by atoms with Crippen LogP contribution < -0.4 is 10.9 Å². The van der Waals surface area contributed by atoms with E-state index in [4.69, 9.17) is 60.1 Å². The van der Waals surface area contributed by atoms with E-state index in [-0.39, 0.29) is 80.4 Å². The molecule has 0 radical (unpaired) electrons. The summed E-state index contributed by atoms with van der Waals surface area (Å²) in [6.07, 6.45) is 0. The van der Waals surface area contributed by atoms with Gasteiger partial charge in [-0.1, -0.05) is 299 Å². The molecule has 15 aromatic rings. The molecule has 8 aliphatic rings. The minimum Gasteiger partial charge on any atom is -0.399 e. The molecule has 5 heterocycles. The monoisotopic (exact) mass is 1520 g/mol. The van der Waals surface area contributed by atoms with Crippen LogP contribution in [0.2, 0.25) is 5.28 Å². The zero-order valence-electron chi connectivity index (χ0n) is 64.9. The Kier molecular flexibility index (Phi) is 19.7. The lowest BCUT2D eigenvalue weighted by atomic mass is 9.59. The first-order valence-corrected chi connectivity index (χ1v) is 39.0. The van der Waals surface area contributed by atoms with Crippen molar-refractivity contribution < 1.29 is 18.6 Å². The lowest BCUT2D eigenvalue weighted by Crippen LogP contribution is -2.41. The van der Waals surface area contributed by atoms with E-state index in [0.717, 1.165) is 55.4 Å². The lowest BCUT2D eigenvalue weighted by molar-refractivity contribution is 0.00578. The molecular formula is C99H85B2ClN9O4-. The molecule has 23 rings (SSSR count). The predicted octanol–water partition coefficient (Wildman–Crippen LogP) is 21.3. The average molecular weight is 1520 g/mol. The Labute approximate surface area is 678 Å². The van der Waals surface area contributed by atoms with E-state index in [1.165, 1.54) is 66.8 Å². The van der Waals surface area contributed by atoms with Gasteiger partial charge >= 0.3 is 14.2 Å². The first kappa shape index (κ1) is 75.6. The molecule has 0 spiro atoms. The molecule has 2 aliphatic heterocycles. The molecule has 115 heavy (non-hydrogen) atoms. The van der Waals surface area contributed by atoms with E-state index in [2.05, 4.69) is 192 Å². The van der Waals surface area contributed by atoms with E-state index in [1.807, 2.05) is 182 Å². The van der Waals surface area contributed by atoms with Crippen molar-refractivity contribution in [2.24, 2.45) is 0 Å². The van der Waals surface area contributed by atoms with Crippen LogP contribution in [0.4, 0.5) is 0 Å². The zero-order chi connectivity index (χ0) is 76.9. The summed E-state index contributed by atoms with van der Waals surface area (Å²) in [4.78, 5) is 42.9. The van der Waals surface area contributed by atoms with Gasteiger partial charge in [0.05, 0.1) is 22.4 Å². The normalized spacial score (nSPS) is 17.7. The molecule has 0 amide bonds. The molecule has 2 saturated heterocycles. The van der Waals surface area contributed by atoms with Gasteiger partial charge in [0.2, 0.25) is 5.28 Å². The lowest BCUT2D eigenvalue weighted by Gasteiger charge is -2.42. The summed E-state index contributed by atoms with van der Waals surface area (Å²) < 4.78 is 25.7. The number of hydrogen-bond donors (Lipinski definition) is 0. The van der Waals surface area contributed by atoms with Gasteiger partial charge < -0.3 is 26.0 Å². The standard InChI is InChI=1S/C50H32N6.C32H36B2O4.C15H10ClN3.CH4.CH3/c1-5-15-31(16-6-1)45-51-46(32-17-7-2-8-18-32)54-49(53-45)35-25-27-39-41(29-35)43-37-23-13-14-24-38(37)44(39)42-30-36(26-28-40(42)43)50-55-47(33-19-9-3-10-20-33)52-48(56-50)34-21-11-4-12-22-34;1-29(2)30(3,4)36-33(35-29)19-13-15-23-25(17-19)27-21-11-9-10-12-22(21)28(23)26-18-20(14-16-24(26)27)34-37-31(5,6)32(7,8)38-34;16-15-18-13(11-7-3-1-4-8-11)17-14(19-15)12-9-5-2-6-10-12;;/h1-30,43-44H;9-18,27-28H,1-8H3;1-10H;1H4;1H3/q;;;;-1. The maximum absolute atomic E-state index is 6.42. The molecule has 4 unspecified atom stereocenters. The molecule has 12 aromatic carbocycles. The fourth-order valence-corrected chi connectivity index (χ4v) is 16.8. The van der Waals surface area contributed by atoms with Crippen LogP contribution in [-0.2, 0) is 18.6 Å². The van der Waals surface area contributed by atoms with Crippen LogP contribution in [0.25, 0.3) is 91.1 Å². The van der Waals surface area contributed by atoms with Gasteiger partial charge in [0.15, 0.2) is 46.6 Å².